The number of aromatic nitrogens is 6. The van der Waals surface area contributed by atoms with Crippen molar-refractivity contribution < 1.29 is 38.8 Å². The molecule has 22 heteroatoms. The average Bonchev–Trinajstić information content (AvgIpc) is 3.30. The molecule has 0 saturated carbocycles. The third-order valence-electron chi connectivity index (χ3n) is 7.21. The number of halogens is 3. The van der Waals surface area contributed by atoms with E-state index in [9.17, 15) is 14.4 Å². The molecule has 3 aromatic carbocycles. The monoisotopic (exact) mass is 953 g/mol. The van der Waals surface area contributed by atoms with Crippen LogP contribution in [-0.4, -0.2) is 104 Å². The highest BCUT2D eigenvalue weighted by Crippen LogP contribution is 2.19. The van der Waals surface area contributed by atoms with Crippen LogP contribution in [-0.2, 0) is 14.2 Å². The molecule has 0 radical (unpaired) electrons. The van der Waals surface area contributed by atoms with E-state index >= 15 is 0 Å². The van der Waals surface area contributed by atoms with Crippen molar-refractivity contribution in [3.8, 4) is 0 Å². The van der Waals surface area contributed by atoms with Crippen LogP contribution in [0.4, 0.5) is 34.5 Å². The third-order valence-corrected chi connectivity index (χ3v) is 7.83. The van der Waals surface area contributed by atoms with E-state index < -0.39 is 0 Å². The lowest BCUT2D eigenvalue weighted by atomic mass is 10.2. The lowest BCUT2D eigenvalue weighted by Crippen LogP contribution is -2.07. The van der Waals surface area contributed by atoms with Crippen LogP contribution < -0.4 is 27.4 Å². The number of carbonyl (C=O) groups excluding carboxylic acids is 3. The molecular formula is C43H50Cl3N11O8. The van der Waals surface area contributed by atoms with Gasteiger partial charge < -0.3 is 51.8 Å². The van der Waals surface area contributed by atoms with Crippen LogP contribution >= 0.6 is 34.8 Å². The molecule has 6 rings (SSSR count). The first-order chi connectivity index (χ1) is 31.3. The molecule has 0 spiro atoms. The van der Waals surface area contributed by atoms with Crippen LogP contribution in [0.2, 0.25) is 15.5 Å². The summed E-state index contributed by atoms with van der Waals surface area (Å²) in [5.41, 5.74) is 14.0. The molecule has 0 aliphatic rings. The molecule has 19 nitrogen and oxygen atoms in total. The number of nitrogens with two attached hydrogens (primary N) is 2. The Morgan fingerprint density at radius 3 is 1.25 bits per heavy atom. The van der Waals surface area contributed by atoms with Crippen LogP contribution in [0.5, 0.6) is 0 Å². The maximum absolute atomic E-state index is 11.6. The van der Waals surface area contributed by atoms with E-state index in [0.717, 1.165) is 11.4 Å². The van der Waals surface area contributed by atoms with Gasteiger partial charge in [0.1, 0.15) is 51.9 Å². The van der Waals surface area contributed by atoms with Crippen LogP contribution in [0.25, 0.3) is 0 Å². The molecule has 0 bridgehead atoms. The minimum absolute atomic E-state index is 0.0298. The Morgan fingerprint density at radius 1 is 0.538 bits per heavy atom. The molecule has 0 amide bonds. The number of nitrogens with one attached hydrogen (secondary N) is 3. The zero-order valence-corrected chi connectivity index (χ0v) is 37.9. The second kappa shape index (κ2) is 32.0. The summed E-state index contributed by atoms with van der Waals surface area (Å²) in [6.45, 7) is 7.34. The van der Waals surface area contributed by atoms with Crippen LogP contribution in [0.15, 0.2) is 110 Å². The van der Waals surface area contributed by atoms with E-state index in [2.05, 4.69) is 45.9 Å². The number of carbonyl (C=O) groups is 3. The summed E-state index contributed by atoms with van der Waals surface area (Å²) in [4.78, 5) is 57.3. The number of rotatable bonds is 14. The van der Waals surface area contributed by atoms with Gasteiger partial charge in [-0.2, -0.15) is 0 Å². The summed E-state index contributed by atoms with van der Waals surface area (Å²) in [7, 11) is 0. The largest absolute Gasteiger partial charge is 0.462 e. The number of hydrogen-bond acceptors (Lipinski definition) is 19. The van der Waals surface area contributed by atoms with E-state index in [1.807, 2.05) is 0 Å². The zero-order chi connectivity index (χ0) is 47.8. The van der Waals surface area contributed by atoms with Gasteiger partial charge in [-0.3, -0.25) is 0 Å². The lowest BCUT2D eigenvalue weighted by Gasteiger charge is -2.08. The number of esters is 3. The molecule has 65 heavy (non-hydrogen) atoms. The summed E-state index contributed by atoms with van der Waals surface area (Å²) < 4.78 is 14.6. The van der Waals surface area contributed by atoms with Gasteiger partial charge in [0.15, 0.2) is 0 Å². The van der Waals surface area contributed by atoms with Crippen molar-refractivity contribution in [1.29, 1.82) is 0 Å². The number of nitrogens with zero attached hydrogens (tertiary/aromatic N) is 6. The molecule has 0 aliphatic heterocycles. The van der Waals surface area contributed by atoms with E-state index in [0.29, 0.717) is 88.2 Å². The minimum atomic E-state index is -0.341. The lowest BCUT2D eigenvalue weighted by molar-refractivity contribution is 0.0517. The van der Waals surface area contributed by atoms with Gasteiger partial charge in [0.2, 0.25) is 0 Å². The standard InChI is InChI=1S/C15H18N4O3.C13H12ClN3O2.C9H11NO2.C4H2Cl2N2.C2H7NO/c1-2-22-15(21)11-3-5-12(6-4-11)19-14-9-13(16-7-8-20)17-10-18-14;1-2-19-13(18)9-3-5-10(6-4-9)17-12-7-11(14)15-8-16-12;1-2-12-9(11)7-3-5-8(10)6-4-7;5-3-1-4(6)8-2-7-3;3-1-2-4/h3-6,9-10,20H,2,7-8H2,1H3,(H2,16,17,18,19);3-8H,2H2,1H3,(H,15,16,17);3-6H,2,10H2,1H3;1-2H;4H,1-3H2. The fourth-order valence-corrected chi connectivity index (χ4v) is 4.85. The summed E-state index contributed by atoms with van der Waals surface area (Å²) >= 11 is 16.6. The molecule has 0 unspecified atom stereocenters. The van der Waals surface area contributed by atoms with Gasteiger partial charge in [-0.15, -0.1) is 0 Å². The highest BCUT2D eigenvalue weighted by atomic mass is 35.5. The second-order valence-corrected chi connectivity index (χ2v) is 13.2. The maximum atomic E-state index is 11.6. The van der Waals surface area contributed by atoms with Crippen LogP contribution in [0.3, 0.4) is 0 Å². The van der Waals surface area contributed by atoms with Crippen molar-refractivity contribution in [2.45, 2.75) is 20.8 Å². The number of aliphatic hydroxyl groups is 2. The molecule has 0 saturated heterocycles. The first kappa shape index (κ1) is 54.4. The summed E-state index contributed by atoms with van der Waals surface area (Å²) in [6, 6.07) is 25.3. The number of hydrogen-bond donors (Lipinski definition) is 7. The van der Waals surface area contributed by atoms with Gasteiger partial charge in [0.05, 0.1) is 49.7 Å². The normalized spacial score (nSPS) is 9.68. The smallest absolute Gasteiger partial charge is 0.338 e. The van der Waals surface area contributed by atoms with Crippen molar-refractivity contribution >= 4 is 87.2 Å². The minimum Gasteiger partial charge on any atom is -0.462 e. The topological polar surface area (TPSA) is 285 Å². The zero-order valence-electron chi connectivity index (χ0n) is 35.7. The predicted octanol–water partition coefficient (Wildman–Crippen LogP) is 7.02. The highest BCUT2D eigenvalue weighted by molar-refractivity contribution is 6.33. The van der Waals surface area contributed by atoms with Gasteiger partial charge in [-0.25, -0.2) is 44.3 Å². The first-order valence-electron chi connectivity index (χ1n) is 19.5. The van der Waals surface area contributed by atoms with E-state index in [1.165, 1.54) is 25.0 Å². The summed E-state index contributed by atoms with van der Waals surface area (Å²) in [6.07, 6.45) is 4.11. The molecule has 3 aromatic heterocycles. The Hall–Kier alpha value is -6.74. The predicted molar refractivity (Wildman–Crippen MR) is 251 cm³/mol. The van der Waals surface area contributed by atoms with Gasteiger partial charge in [0.25, 0.3) is 0 Å². The van der Waals surface area contributed by atoms with Gasteiger partial charge in [0, 0.05) is 48.4 Å². The summed E-state index contributed by atoms with van der Waals surface area (Å²) in [5, 5.41) is 26.7. The number of nitrogen functional groups attached to an aromatic ring is 1. The number of anilines is 6. The van der Waals surface area contributed by atoms with Crippen molar-refractivity contribution in [3.05, 3.63) is 142 Å². The fraction of sp³-hybridized carbons (Fsp3) is 0.233. The Morgan fingerprint density at radius 2 is 0.892 bits per heavy atom. The van der Waals surface area contributed by atoms with Crippen molar-refractivity contribution in [2.24, 2.45) is 5.73 Å². The molecule has 346 valence electrons. The Bertz CT molecular complexity index is 2280. The fourth-order valence-electron chi connectivity index (χ4n) is 4.36. The Kier molecular flexibility index (Phi) is 26.8. The molecule has 9 N–H and O–H groups in total. The third kappa shape index (κ3) is 23.0. The molecule has 3 heterocycles. The number of benzene rings is 3. The van der Waals surface area contributed by atoms with E-state index in [-0.39, 0.29) is 31.1 Å². The number of ether oxygens (including phenoxy) is 3. The average molecular weight is 955 g/mol. The van der Waals surface area contributed by atoms with Crippen molar-refractivity contribution in [3.63, 3.8) is 0 Å². The molecular weight excluding hydrogens is 905 g/mol. The summed E-state index contributed by atoms with van der Waals surface area (Å²) in [5.74, 6) is 0.834. The van der Waals surface area contributed by atoms with Crippen molar-refractivity contribution in [2.75, 3.05) is 67.8 Å². The van der Waals surface area contributed by atoms with Crippen molar-refractivity contribution in [1.82, 2.24) is 29.9 Å². The van der Waals surface area contributed by atoms with Crippen LogP contribution in [0.1, 0.15) is 51.8 Å². The Labute approximate surface area is 390 Å². The first-order valence-corrected chi connectivity index (χ1v) is 20.7. The van der Waals surface area contributed by atoms with Gasteiger partial charge in [-0.05, 0) is 93.6 Å². The van der Waals surface area contributed by atoms with E-state index in [4.69, 9.17) is 70.7 Å². The van der Waals surface area contributed by atoms with E-state index in [1.54, 1.807) is 106 Å². The molecule has 0 atom stereocenters. The van der Waals surface area contributed by atoms with Crippen LogP contribution in [0, 0.1) is 0 Å². The van der Waals surface area contributed by atoms with Gasteiger partial charge in [-0.1, -0.05) is 34.8 Å². The highest BCUT2D eigenvalue weighted by Gasteiger charge is 2.08. The number of aliphatic hydroxyl groups excluding tert-OH is 2. The molecule has 0 fully saturated rings. The Balaban J connectivity index is 0.000000305. The second-order valence-electron chi connectivity index (χ2n) is 12.0. The maximum Gasteiger partial charge on any atom is 0.338 e. The molecule has 6 aromatic rings. The molecule has 0 aliphatic carbocycles. The quantitative estimate of drug-likeness (QED) is 0.0250. The SMILES string of the molecule is CCOC(=O)c1ccc(N)cc1.CCOC(=O)c1ccc(Nc2cc(Cl)ncn2)cc1.CCOC(=O)c1ccc(Nc2cc(NCCO)ncn2)cc1.Clc1cc(Cl)ncn1.NCCO. The van der Waals surface area contributed by atoms with Gasteiger partial charge >= 0.3 is 17.9 Å².